The summed E-state index contributed by atoms with van der Waals surface area (Å²) in [5.74, 6) is -0.784. The van der Waals surface area contributed by atoms with E-state index in [1.54, 1.807) is 42.5 Å². The molecule has 18 heavy (non-hydrogen) atoms. The molecule has 0 saturated carbocycles. The van der Waals surface area contributed by atoms with Crippen LogP contribution in [-0.4, -0.2) is 5.91 Å². The number of rotatable bonds is 4. The lowest BCUT2D eigenvalue weighted by molar-refractivity contribution is 0.100. The van der Waals surface area contributed by atoms with E-state index in [2.05, 4.69) is 5.32 Å². The third kappa shape index (κ3) is 2.66. The van der Waals surface area contributed by atoms with Crippen molar-refractivity contribution < 1.29 is 9.18 Å². The van der Waals surface area contributed by atoms with Crippen molar-refractivity contribution >= 4 is 11.6 Å². The molecule has 0 unspecified atom stereocenters. The van der Waals surface area contributed by atoms with Gasteiger partial charge in [0.05, 0.1) is 5.56 Å². The van der Waals surface area contributed by atoms with Gasteiger partial charge in [0.1, 0.15) is 5.82 Å². The second-order valence-electron chi connectivity index (χ2n) is 3.85. The van der Waals surface area contributed by atoms with Crippen molar-refractivity contribution in [3.8, 4) is 0 Å². The van der Waals surface area contributed by atoms with Gasteiger partial charge in [-0.2, -0.15) is 0 Å². The van der Waals surface area contributed by atoms with Crippen LogP contribution >= 0.6 is 0 Å². The number of benzene rings is 2. The highest BCUT2D eigenvalue weighted by Crippen LogP contribution is 2.16. The van der Waals surface area contributed by atoms with Gasteiger partial charge < -0.3 is 11.1 Å². The van der Waals surface area contributed by atoms with E-state index in [4.69, 9.17) is 5.73 Å². The van der Waals surface area contributed by atoms with E-state index in [0.717, 1.165) is 0 Å². The first-order valence-electron chi connectivity index (χ1n) is 5.54. The molecule has 0 spiro atoms. The molecule has 0 aliphatic heterocycles. The molecule has 2 aromatic carbocycles. The first-order valence-corrected chi connectivity index (χ1v) is 5.54. The molecule has 4 heteroatoms. The van der Waals surface area contributed by atoms with Crippen LogP contribution in [0.4, 0.5) is 10.1 Å². The minimum atomic E-state index is -0.508. The molecular weight excluding hydrogens is 231 g/mol. The highest BCUT2D eigenvalue weighted by molar-refractivity contribution is 5.98. The summed E-state index contributed by atoms with van der Waals surface area (Å²) in [7, 11) is 0. The molecule has 2 rings (SSSR count). The van der Waals surface area contributed by atoms with Gasteiger partial charge in [0, 0.05) is 17.8 Å². The summed E-state index contributed by atoms with van der Waals surface area (Å²) in [6.45, 7) is 0.303. The van der Waals surface area contributed by atoms with E-state index in [-0.39, 0.29) is 5.82 Å². The van der Waals surface area contributed by atoms with Crippen LogP contribution in [0, 0.1) is 5.82 Å². The second-order valence-corrected chi connectivity index (χ2v) is 3.85. The van der Waals surface area contributed by atoms with Gasteiger partial charge in [-0.25, -0.2) is 4.39 Å². The Bertz CT molecular complexity index is 569. The van der Waals surface area contributed by atoms with E-state index >= 15 is 0 Å². The molecule has 0 fully saturated rings. The van der Waals surface area contributed by atoms with Crippen LogP contribution < -0.4 is 11.1 Å². The van der Waals surface area contributed by atoms with Gasteiger partial charge in [0.15, 0.2) is 0 Å². The zero-order valence-electron chi connectivity index (χ0n) is 9.69. The number of carbonyl (C=O) groups is 1. The van der Waals surface area contributed by atoms with Crippen LogP contribution in [-0.2, 0) is 6.54 Å². The number of halogens is 1. The third-order valence-electron chi connectivity index (χ3n) is 2.62. The molecule has 0 aromatic heterocycles. The van der Waals surface area contributed by atoms with Crippen molar-refractivity contribution in [3.63, 3.8) is 0 Å². The highest BCUT2D eigenvalue weighted by atomic mass is 19.1. The fourth-order valence-corrected chi connectivity index (χ4v) is 1.68. The lowest BCUT2D eigenvalue weighted by Gasteiger charge is -2.10. The predicted octanol–water partition coefficient (Wildman–Crippen LogP) is 2.54. The summed E-state index contributed by atoms with van der Waals surface area (Å²) in [6, 6.07) is 13.4. The first kappa shape index (κ1) is 12.1. The lowest BCUT2D eigenvalue weighted by Crippen LogP contribution is -2.14. The van der Waals surface area contributed by atoms with Crippen LogP contribution in [0.1, 0.15) is 15.9 Å². The van der Waals surface area contributed by atoms with E-state index in [1.165, 1.54) is 6.07 Å². The normalized spacial score (nSPS) is 10.1. The molecule has 3 nitrogen and oxygen atoms in total. The predicted molar refractivity (Wildman–Crippen MR) is 68.7 cm³/mol. The Hall–Kier alpha value is -2.36. The lowest BCUT2D eigenvalue weighted by atomic mass is 10.1. The number of nitrogens with one attached hydrogen (secondary N) is 1. The number of amides is 1. The highest BCUT2D eigenvalue weighted by Gasteiger charge is 2.07. The van der Waals surface area contributed by atoms with Crippen LogP contribution in [0.2, 0.25) is 0 Å². The SMILES string of the molecule is NC(=O)c1ccccc1NCc1ccccc1F. The van der Waals surface area contributed by atoms with Crippen LogP contribution in [0.15, 0.2) is 48.5 Å². The van der Waals surface area contributed by atoms with Crippen molar-refractivity contribution in [3.05, 3.63) is 65.5 Å². The van der Waals surface area contributed by atoms with Crippen molar-refractivity contribution in [2.75, 3.05) is 5.32 Å². The summed E-state index contributed by atoms with van der Waals surface area (Å²) in [4.78, 5) is 11.2. The van der Waals surface area contributed by atoms with Gasteiger partial charge in [-0.15, -0.1) is 0 Å². The number of primary amides is 1. The number of nitrogens with two attached hydrogens (primary N) is 1. The number of anilines is 1. The molecular formula is C14H13FN2O. The minimum absolute atomic E-state index is 0.276. The van der Waals surface area contributed by atoms with Crippen LogP contribution in [0.3, 0.4) is 0 Å². The fraction of sp³-hybridized carbons (Fsp3) is 0.0714. The zero-order valence-corrected chi connectivity index (χ0v) is 9.69. The summed E-state index contributed by atoms with van der Waals surface area (Å²) >= 11 is 0. The molecule has 0 aliphatic rings. The van der Waals surface area contributed by atoms with E-state index in [0.29, 0.717) is 23.4 Å². The maximum absolute atomic E-state index is 13.4. The molecule has 1 amide bonds. The molecule has 0 aliphatic carbocycles. The standard InChI is InChI=1S/C14H13FN2O/c15-12-7-3-1-5-10(12)9-17-13-8-4-2-6-11(13)14(16)18/h1-8,17H,9H2,(H2,16,18). The van der Waals surface area contributed by atoms with Gasteiger partial charge >= 0.3 is 0 Å². The maximum Gasteiger partial charge on any atom is 0.250 e. The van der Waals surface area contributed by atoms with Crippen molar-refractivity contribution in [2.24, 2.45) is 5.73 Å². The smallest absolute Gasteiger partial charge is 0.250 e. The number of carbonyl (C=O) groups excluding carboxylic acids is 1. The number of hydrogen-bond acceptors (Lipinski definition) is 2. The molecule has 0 radical (unpaired) electrons. The van der Waals surface area contributed by atoms with Crippen molar-refractivity contribution in [1.82, 2.24) is 0 Å². The summed E-state index contributed by atoms with van der Waals surface area (Å²) in [5.41, 5.74) is 6.80. The Kier molecular flexibility index (Phi) is 3.57. The van der Waals surface area contributed by atoms with Crippen LogP contribution in [0.5, 0.6) is 0 Å². The minimum Gasteiger partial charge on any atom is -0.380 e. The zero-order chi connectivity index (χ0) is 13.0. The molecule has 0 bridgehead atoms. The summed E-state index contributed by atoms with van der Waals surface area (Å²) in [5, 5.41) is 3.01. The molecule has 0 heterocycles. The Balaban J connectivity index is 2.16. The molecule has 2 aromatic rings. The number of hydrogen-bond donors (Lipinski definition) is 2. The van der Waals surface area contributed by atoms with Gasteiger partial charge in [0.2, 0.25) is 0 Å². The van der Waals surface area contributed by atoms with Crippen molar-refractivity contribution in [2.45, 2.75) is 6.54 Å². The Morgan fingerprint density at radius 1 is 1.11 bits per heavy atom. The monoisotopic (exact) mass is 244 g/mol. The maximum atomic E-state index is 13.4. The molecule has 0 atom stereocenters. The topological polar surface area (TPSA) is 55.1 Å². The summed E-state index contributed by atoms with van der Waals surface area (Å²) < 4.78 is 13.4. The van der Waals surface area contributed by atoms with Crippen molar-refractivity contribution in [1.29, 1.82) is 0 Å². The van der Waals surface area contributed by atoms with Gasteiger partial charge in [-0.1, -0.05) is 30.3 Å². The quantitative estimate of drug-likeness (QED) is 0.868. The first-order chi connectivity index (χ1) is 8.68. The van der Waals surface area contributed by atoms with Gasteiger partial charge in [-0.05, 0) is 18.2 Å². The van der Waals surface area contributed by atoms with E-state index in [1.807, 2.05) is 0 Å². The van der Waals surface area contributed by atoms with E-state index in [9.17, 15) is 9.18 Å². The van der Waals surface area contributed by atoms with Gasteiger partial charge in [-0.3, -0.25) is 4.79 Å². The van der Waals surface area contributed by atoms with Crippen LogP contribution in [0.25, 0.3) is 0 Å². The summed E-state index contributed by atoms with van der Waals surface area (Å²) in [6.07, 6.45) is 0. The second kappa shape index (κ2) is 5.31. The van der Waals surface area contributed by atoms with E-state index < -0.39 is 5.91 Å². The average Bonchev–Trinajstić information content (AvgIpc) is 2.38. The average molecular weight is 244 g/mol. The fourth-order valence-electron chi connectivity index (χ4n) is 1.68. The Labute approximate surface area is 104 Å². The largest absolute Gasteiger partial charge is 0.380 e. The third-order valence-corrected chi connectivity index (χ3v) is 2.62. The molecule has 3 N–H and O–H groups in total. The molecule has 0 saturated heterocycles. The Morgan fingerprint density at radius 3 is 2.50 bits per heavy atom. The Morgan fingerprint density at radius 2 is 1.78 bits per heavy atom. The number of para-hydroxylation sites is 1. The van der Waals surface area contributed by atoms with Gasteiger partial charge in [0.25, 0.3) is 5.91 Å². The molecule has 92 valence electrons.